The molecule has 1 aliphatic rings. The van der Waals surface area contributed by atoms with E-state index in [0.717, 1.165) is 32.1 Å². The number of aliphatic hydroxyl groups excluding tert-OH is 1. The van der Waals surface area contributed by atoms with Gasteiger partial charge in [-0.05, 0) is 25.8 Å². The minimum atomic E-state index is -0.567. The molecule has 0 aromatic carbocycles. The lowest BCUT2D eigenvalue weighted by Gasteiger charge is -2.34. The van der Waals surface area contributed by atoms with Crippen molar-refractivity contribution in [3.63, 3.8) is 0 Å². The number of rotatable bonds is 7. The van der Waals surface area contributed by atoms with Crippen LogP contribution in [0.15, 0.2) is 6.20 Å². The second kappa shape index (κ2) is 8.09. The van der Waals surface area contributed by atoms with E-state index in [2.05, 4.69) is 20.2 Å². The number of nitrogens with zero attached hydrogens (tertiary/aromatic N) is 3. The summed E-state index contributed by atoms with van der Waals surface area (Å²) >= 11 is 0. The monoisotopic (exact) mass is 298 g/mol. The van der Waals surface area contributed by atoms with Gasteiger partial charge in [-0.1, -0.05) is 6.42 Å². The van der Waals surface area contributed by atoms with E-state index in [1.807, 2.05) is 0 Å². The summed E-state index contributed by atoms with van der Waals surface area (Å²) in [7, 11) is 1.38. The van der Waals surface area contributed by atoms with Gasteiger partial charge in [0.1, 0.15) is 0 Å². The Kier molecular flexibility index (Phi) is 6.13. The Labute approximate surface area is 124 Å². The van der Waals surface area contributed by atoms with Crippen molar-refractivity contribution in [3.8, 4) is 5.88 Å². The van der Waals surface area contributed by atoms with Crippen LogP contribution in [-0.2, 0) is 0 Å². The fourth-order valence-corrected chi connectivity index (χ4v) is 2.62. The average Bonchev–Trinajstić information content (AvgIpc) is 2.53. The maximum Gasteiger partial charge on any atom is 0.255 e. The molecule has 0 amide bonds. The average molecular weight is 298 g/mol. The first-order valence-electron chi connectivity index (χ1n) is 7.40. The second-order valence-corrected chi connectivity index (χ2v) is 5.20. The van der Waals surface area contributed by atoms with Crippen LogP contribution in [0.3, 0.4) is 0 Å². The van der Waals surface area contributed by atoms with Crippen LogP contribution < -0.4 is 10.1 Å². The Morgan fingerprint density at radius 1 is 1.52 bits per heavy atom. The van der Waals surface area contributed by atoms with E-state index in [-0.39, 0.29) is 12.5 Å². The highest BCUT2D eigenvalue weighted by Gasteiger charge is 2.20. The van der Waals surface area contributed by atoms with Crippen LogP contribution in [0.1, 0.15) is 25.7 Å². The van der Waals surface area contributed by atoms with E-state index in [0.29, 0.717) is 18.5 Å². The molecule has 2 rings (SSSR count). The number of hydrogen-bond acceptors (Lipinski definition) is 6. The van der Waals surface area contributed by atoms with Gasteiger partial charge in [0.15, 0.2) is 0 Å². The summed E-state index contributed by atoms with van der Waals surface area (Å²) in [4.78, 5) is 10.1. The number of aromatic nitrogens is 2. The van der Waals surface area contributed by atoms with Gasteiger partial charge in [-0.25, -0.2) is 4.98 Å². The molecule has 0 radical (unpaired) electrons. The summed E-state index contributed by atoms with van der Waals surface area (Å²) in [5.41, 5.74) is 0. The lowest BCUT2D eigenvalue weighted by Crippen LogP contribution is -2.42. The van der Waals surface area contributed by atoms with Crippen LogP contribution in [0.5, 0.6) is 5.88 Å². The van der Waals surface area contributed by atoms with Crippen molar-refractivity contribution < 1.29 is 14.2 Å². The van der Waals surface area contributed by atoms with Gasteiger partial charge in [0.05, 0.1) is 19.9 Å². The molecule has 7 heteroatoms. The number of anilines is 1. The zero-order valence-electron chi connectivity index (χ0n) is 12.4. The lowest BCUT2D eigenvalue weighted by molar-refractivity contribution is 0.0901. The van der Waals surface area contributed by atoms with Gasteiger partial charge >= 0.3 is 0 Å². The third-order valence-corrected chi connectivity index (χ3v) is 3.77. The molecule has 1 fully saturated rings. The number of halogens is 1. The maximum atomic E-state index is 13.2. The summed E-state index contributed by atoms with van der Waals surface area (Å²) in [6, 6.07) is 0.293. The predicted octanol–water partition coefficient (Wildman–Crippen LogP) is 1.27. The van der Waals surface area contributed by atoms with Crippen molar-refractivity contribution in [2.24, 2.45) is 0 Å². The molecule has 0 aliphatic carbocycles. The Morgan fingerprint density at radius 2 is 2.38 bits per heavy atom. The van der Waals surface area contributed by atoms with Gasteiger partial charge in [0.25, 0.3) is 5.88 Å². The molecule has 0 bridgehead atoms. The van der Waals surface area contributed by atoms with Gasteiger partial charge in [-0.3, -0.25) is 4.90 Å². The minimum Gasteiger partial charge on any atom is -0.479 e. The van der Waals surface area contributed by atoms with E-state index in [1.54, 1.807) is 0 Å². The molecule has 1 aliphatic heterocycles. The van der Waals surface area contributed by atoms with Crippen molar-refractivity contribution in [1.82, 2.24) is 14.9 Å². The zero-order valence-corrected chi connectivity index (χ0v) is 12.4. The van der Waals surface area contributed by atoms with E-state index in [1.165, 1.54) is 20.0 Å². The molecule has 0 saturated carbocycles. The second-order valence-electron chi connectivity index (χ2n) is 5.20. The molecule has 21 heavy (non-hydrogen) atoms. The Morgan fingerprint density at radius 3 is 3.14 bits per heavy atom. The van der Waals surface area contributed by atoms with E-state index < -0.39 is 5.82 Å². The van der Waals surface area contributed by atoms with Crippen LogP contribution in [0.25, 0.3) is 0 Å². The quantitative estimate of drug-likeness (QED) is 0.739. The predicted molar refractivity (Wildman–Crippen MR) is 77.9 cm³/mol. The highest BCUT2D eigenvalue weighted by molar-refractivity contribution is 5.28. The number of methoxy groups -OCH3 is 1. The number of aliphatic hydroxyl groups is 1. The third-order valence-electron chi connectivity index (χ3n) is 3.77. The Bertz CT molecular complexity index is 447. The summed E-state index contributed by atoms with van der Waals surface area (Å²) in [6.45, 7) is 2.90. The topological polar surface area (TPSA) is 70.5 Å². The maximum absolute atomic E-state index is 13.2. The van der Waals surface area contributed by atoms with Crippen molar-refractivity contribution in [1.29, 1.82) is 0 Å². The number of piperidine rings is 1. The smallest absolute Gasteiger partial charge is 0.255 e. The van der Waals surface area contributed by atoms with Crippen LogP contribution in [0.2, 0.25) is 0 Å². The molecule has 1 aromatic rings. The Hall–Kier alpha value is -1.47. The van der Waals surface area contributed by atoms with Gasteiger partial charge in [-0.2, -0.15) is 9.37 Å². The molecule has 1 atom stereocenters. The van der Waals surface area contributed by atoms with Crippen molar-refractivity contribution >= 4 is 5.95 Å². The zero-order chi connectivity index (χ0) is 15.1. The fourth-order valence-electron chi connectivity index (χ4n) is 2.62. The number of ether oxygens (including phenoxy) is 1. The normalized spacial score (nSPS) is 19.5. The van der Waals surface area contributed by atoms with Gasteiger partial charge < -0.3 is 15.2 Å². The van der Waals surface area contributed by atoms with Crippen LogP contribution >= 0.6 is 0 Å². The largest absolute Gasteiger partial charge is 0.479 e. The van der Waals surface area contributed by atoms with Gasteiger partial charge in [0.2, 0.25) is 11.8 Å². The van der Waals surface area contributed by atoms with Crippen LogP contribution in [-0.4, -0.2) is 59.4 Å². The SMILES string of the molecule is COc1nc(NCCCN2CCCCC2CO)ncc1F. The van der Waals surface area contributed by atoms with Crippen molar-refractivity contribution in [2.45, 2.75) is 31.7 Å². The molecule has 6 nitrogen and oxygen atoms in total. The van der Waals surface area contributed by atoms with Crippen LogP contribution in [0.4, 0.5) is 10.3 Å². The summed E-state index contributed by atoms with van der Waals surface area (Å²) in [5, 5.41) is 12.4. The van der Waals surface area contributed by atoms with Crippen molar-refractivity contribution in [2.75, 3.05) is 38.7 Å². The molecule has 0 spiro atoms. The molecule has 118 valence electrons. The van der Waals surface area contributed by atoms with Gasteiger partial charge in [0, 0.05) is 19.1 Å². The van der Waals surface area contributed by atoms with Crippen LogP contribution in [0, 0.1) is 5.82 Å². The lowest BCUT2D eigenvalue weighted by atomic mass is 10.0. The third kappa shape index (κ3) is 4.50. The first kappa shape index (κ1) is 15.9. The van der Waals surface area contributed by atoms with Crippen molar-refractivity contribution in [3.05, 3.63) is 12.0 Å². The van der Waals surface area contributed by atoms with Gasteiger partial charge in [-0.15, -0.1) is 0 Å². The molecule has 2 N–H and O–H groups in total. The molecule has 1 unspecified atom stereocenters. The number of hydrogen-bond donors (Lipinski definition) is 2. The first-order valence-corrected chi connectivity index (χ1v) is 7.40. The highest BCUT2D eigenvalue weighted by Crippen LogP contribution is 2.17. The summed E-state index contributed by atoms with van der Waals surface area (Å²) in [5.74, 6) is -0.253. The molecule has 1 saturated heterocycles. The molecule has 2 heterocycles. The molecular formula is C14H23FN4O2. The van der Waals surface area contributed by atoms with E-state index in [4.69, 9.17) is 4.74 Å². The standard InChI is InChI=1S/C14H23FN4O2/c1-21-13-12(15)9-17-14(18-13)16-6-4-8-19-7-3-2-5-11(19)10-20/h9,11,20H,2-8,10H2,1H3,(H,16,17,18). The molecule has 1 aromatic heterocycles. The number of nitrogens with one attached hydrogen (secondary N) is 1. The molecular weight excluding hydrogens is 275 g/mol. The summed E-state index contributed by atoms with van der Waals surface area (Å²) < 4.78 is 18.0. The first-order chi connectivity index (χ1) is 10.2. The van der Waals surface area contributed by atoms with E-state index >= 15 is 0 Å². The highest BCUT2D eigenvalue weighted by atomic mass is 19.1. The fraction of sp³-hybridized carbons (Fsp3) is 0.714. The minimum absolute atomic E-state index is 0.0520. The van der Waals surface area contributed by atoms with E-state index in [9.17, 15) is 9.50 Å². The Balaban J connectivity index is 1.74. The number of likely N-dealkylation sites (tertiary alicyclic amines) is 1. The summed E-state index contributed by atoms with van der Waals surface area (Å²) in [6.07, 6.45) is 5.48.